The molecule has 4 aromatic rings. The van der Waals surface area contributed by atoms with Crippen molar-refractivity contribution in [3.05, 3.63) is 126 Å². The minimum atomic E-state index is -4.34. The molecule has 5 rings (SSSR count). The van der Waals surface area contributed by atoms with Crippen LogP contribution in [0.5, 0.6) is 0 Å². The highest BCUT2D eigenvalue weighted by Crippen LogP contribution is 2.30. The first-order valence-electron chi connectivity index (χ1n) is 13.8. The van der Waals surface area contributed by atoms with Crippen molar-refractivity contribution in [1.29, 1.82) is 0 Å². The van der Waals surface area contributed by atoms with Crippen molar-refractivity contribution in [3.8, 4) is 5.69 Å². The molecule has 40 heavy (non-hydrogen) atoms. The van der Waals surface area contributed by atoms with E-state index in [0.717, 1.165) is 56.6 Å². The summed E-state index contributed by atoms with van der Waals surface area (Å²) in [4.78, 5) is 15.3. The van der Waals surface area contributed by atoms with Crippen molar-refractivity contribution in [3.63, 3.8) is 0 Å². The predicted molar refractivity (Wildman–Crippen MR) is 151 cm³/mol. The number of benzene rings is 3. The van der Waals surface area contributed by atoms with Crippen LogP contribution in [0.1, 0.15) is 47.4 Å². The average Bonchev–Trinajstić information content (AvgIpc) is 3.44. The summed E-state index contributed by atoms with van der Waals surface area (Å²) in [6, 6.07) is 28.0. The van der Waals surface area contributed by atoms with Crippen LogP contribution in [-0.4, -0.2) is 35.0 Å². The highest BCUT2D eigenvalue weighted by atomic mass is 19.4. The summed E-state index contributed by atoms with van der Waals surface area (Å²) in [7, 11) is 0. The van der Waals surface area contributed by atoms with Crippen LogP contribution in [-0.2, 0) is 17.5 Å². The molecule has 0 atom stereocenters. The van der Waals surface area contributed by atoms with Crippen LogP contribution in [0.2, 0.25) is 0 Å². The fourth-order valence-corrected chi connectivity index (χ4v) is 5.51. The summed E-state index contributed by atoms with van der Waals surface area (Å²) in [5.74, 6) is 0.382. The van der Waals surface area contributed by atoms with Gasteiger partial charge in [-0.1, -0.05) is 60.7 Å². The van der Waals surface area contributed by atoms with E-state index in [1.807, 2.05) is 35.2 Å². The van der Waals surface area contributed by atoms with Gasteiger partial charge in [0.1, 0.15) is 0 Å². The Balaban J connectivity index is 1.09. The molecule has 4 nitrogen and oxygen atoms in total. The summed E-state index contributed by atoms with van der Waals surface area (Å²) in [6.45, 7) is 3.04. The van der Waals surface area contributed by atoms with Crippen LogP contribution >= 0.6 is 0 Å². The Kier molecular flexibility index (Phi) is 8.70. The summed E-state index contributed by atoms with van der Waals surface area (Å²) < 4.78 is 40.4. The molecule has 1 saturated heterocycles. The SMILES string of the molecule is O=C(NCCC(c1ccccc1)c1ccccc1)C1CCN(Cc2ccn(-c3ccc(C(F)(F)F)cc3)c2)CC1. The lowest BCUT2D eigenvalue weighted by Gasteiger charge is -2.31. The first-order chi connectivity index (χ1) is 19.4. The van der Waals surface area contributed by atoms with Gasteiger partial charge in [0.25, 0.3) is 0 Å². The Bertz CT molecular complexity index is 1320. The number of nitrogens with zero attached hydrogens (tertiary/aromatic N) is 2. The van der Waals surface area contributed by atoms with Crippen molar-refractivity contribution in [2.75, 3.05) is 19.6 Å². The molecule has 208 valence electrons. The highest BCUT2D eigenvalue weighted by molar-refractivity contribution is 5.78. The molecule has 1 aliphatic rings. The van der Waals surface area contributed by atoms with Gasteiger partial charge in [-0.25, -0.2) is 0 Å². The fraction of sp³-hybridized carbons (Fsp3) is 0.303. The number of hydrogen-bond donors (Lipinski definition) is 1. The molecule has 7 heteroatoms. The number of hydrogen-bond acceptors (Lipinski definition) is 2. The number of piperidine rings is 1. The number of carbonyl (C=O) groups is 1. The molecule has 0 radical (unpaired) electrons. The first kappa shape index (κ1) is 27.7. The molecule has 0 spiro atoms. The molecule has 0 bridgehead atoms. The monoisotopic (exact) mass is 545 g/mol. The van der Waals surface area contributed by atoms with E-state index in [9.17, 15) is 18.0 Å². The molecular formula is C33H34F3N3O. The summed E-state index contributed by atoms with van der Waals surface area (Å²) in [6.07, 6.45) is 1.96. The van der Waals surface area contributed by atoms with Crippen molar-refractivity contribution >= 4 is 5.91 Å². The normalized spacial score (nSPS) is 14.9. The topological polar surface area (TPSA) is 37.3 Å². The summed E-state index contributed by atoms with van der Waals surface area (Å²) >= 11 is 0. The lowest BCUT2D eigenvalue weighted by molar-refractivity contribution is -0.137. The average molecular weight is 546 g/mol. The third-order valence-electron chi connectivity index (χ3n) is 7.75. The van der Waals surface area contributed by atoms with Gasteiger partial charge in [0, 0.05) is 43.0 Å². The van der Waals surface area contributed by atoms with E-state index in [2.05, 4.69) is 58.7 Å². The van der Waals surface area contributed by atoms with Gasteiger partial charge < -0.3 is 9.88 Å². The third-order valence-corrected chi connectivity index (χ3v) is 7.75. The second kappa shape index (κ2) is 12.6. The zero-order chi connectivity index (χ0) is 28.0. The Labute approximate surface area is 233 Å². The quantitative estimate of drug-likeness (QED) is 0.245. The van der Waals surface area contributed by atoms with E-state index in [1.54, 1.807) is 0 Å². The second-order valence-electron chi connectivity index (χ2n) is 10.5. The Morgan fingerprint density at radius 3 is 2.02 bits per heavy atom. The smallest absolute Gasteiger partial charge is 0.356 e. The van der Waals surface area contributed by atoms with Crippen LogP contribution in [0.25, 0.3) is 5.69 Å². The van der Waals surface area contributed by atoms with E-state index in [4.69, 9.17) is 0 Å². The maximum absolute atomic E-state index is 13.0. The molecule has 1 amide bonds. The molecule has 2 heterocycles. The highest BCUT2D eigenvalue weighted by Gasteiger charge is 2.30. The van der Waals surface area contributed by atoms with Crippen LogP contribution in [0.4, 0.5) is 13.2 Å². The van der Waals surface area contributed by atoms with Crippen LogP contribution in [0.15, 0.2) is 103 Å². The number of halogens is 3. The van der Waals surface area contributed by atoms with Gasteiger partial charge in [-0.15, -0.1) is 0 Å². The fourth-order valence-electron chi connectivity index (χ4n) is 5.51. The van der Waals surface area contributed by atoms with Crippen molar-refractivity contribution in [2.45, 2.75) is 37.9 Å². The predicted octanol–water partition coefficient (Wildman–Crippen LogP) is 7.05. The Morgan fingerprint density at radius 1 is 0.850 bits per heavy atom. The van der Waals surface area contributed by atoms with Gasteiger partial charge in [0.2, 0.25) is 5.91 Å². The molecule has 3 aromatic carbocycles. The molecule has 1 aliphatic heterocycles. The largest absolute Gasteiger partial charge is 0.416 e. The van der Waals surface area contributed by atoms with Crippen molar-refractivity contribution in [2.24, 2.45) is 5.92 Å². The van der Waals surface area contributed by atoms with Crippen LogP contribution in [0.3, 0.4) is 0 Å². The molecule has 0 saturated carbocycles. The van der Waals surface area contributed by atoms with E-state index in [-0.39, 0.29) is 17.7 Å². The third kappa shape index (κ3) is 7.02. The maximum Gasteiger partial charge on any atom is 0.416 e. The van der Waals surface area contributed by atoms with Crippen LogP contribution < -0.4 is 5.32 Å². The standard InChI is InChI=1S/C33H34F3N3O/c34-33(35,36)29-11-13-30(14-12-29)39-22-16-25(24-39)23-38-20-17-28(18-21-38)32(40)37-19-15-31(26-7-3-1-4-8-26)27-9-5-2-6-10-27/h1-14,16,22,24,28,31H,15,17-21,23H2,(H,37,40). The van der Waals surface area contributed by atoms with E-state index < -0.39 is 11.7 Å². The zero-order valence-electron chi connectivity index (χ0n) is 22.4. The van der Waals surface area contributed by atoms with Crippen molar-refractivity contribution < 1.29 is 18.0 Å². The molecule has 0 unspecified atom stereocenters. The molecular weight excluding hydrogens is 511 g/mol. The Morgan fingerprint density at radius 2 is 1.45 bits per heavy atom. The van der Waals surface area contributed by atoms with Gasteiger partial charge in [-0.2, -0.15) is 13.2 Å². The molecule has 1 aromatic heterocycles. The van der Waals surface area contributed by atoms with E-state index in [1.165, 1.54) is 23.3 Å². The lowest BCUT2D eigenvalue weighted by atomic mass is 9.88. The van der Waals surface area contributed by atoms with Gasteiger partial charge in [0.05, 0.1) is 5.56 Å². The molecule has 1 fully saturated rings. The molecule has 1 N–H and O–H groups in total. The number of alkyl halides is 3. The number of nitrogens with one attached hydrogen (secondary N) is 1. The van der Waals surface area contributed by atoms with Gasteiger partial charge >= 0.3 is 6.18 Å². The van der Waals surface area contributed by atoms with E-state index in [0.29, 0.717) is 12.2 Å². The van der Waals surface area contributed by atoms with Gasteiger partial charge in [-0.3, -0.25) is 9.69 Å². The number of carbonyl (C=O) groups excluding carboxylic acids is 1. The number of amides is 1. The summed E-state index contributed by atoms with van der Waals surface area (Å²) in [5, 5.41) is 3.19. The van der Waals surface area contributed by atoms with Crippen molar-refractivity contribution in [1.82, 2.24) is 14.8 Å². The number of likely N-dealkylation sites (tertiary alicyclic amines) is 1. The lowest BCUT2D eigenvalue weighted by Crippen LogP contribution is -2.40. The number of rotatable bonds is 9. The first-order valence-corrected chi connectivity index (χ1v) is 13.8. The minimum Gasteiger partial charge on any atom is -0.356 e. The zero-order valence-corrected chi connectivity index (χ0v) is 22.4. The van der Waals surface area contributed by atoms with E-state index >= 15 is 0 Å². The number of aromatic nitrogens is 1. The Hall–Kier alpha value is -3.84. The molecule has 0 aliphatic carbocycles. The van der Waals surface area contributed by atoms with Gasteiger partial charge in [-0.05, 0) is 79.4 Å². The maximum atomic E-state index is 13.0. The van der Waals surface area contributed by atoms with Crippen LogP contribution in [0, 0.1) is 5.92 Å². The minimum absolute atomic E-state index is 0.0138. The van der Waals surface area contributed by atoms with Gasteiger partial charge in [0.15, 0.2) is 0 Å². The second-order valence-corrected chi connectivity index (χ2v) is 10.5. The summed E-state index contributed by atoms with van der Waals surface area (Å²) in [5.41, 5.74) is 3.64.